The predicted octanol–water partition coefficient (Wildman–Crippen LogP) is 14.6. The fourth-order valence-corrected chi connectivity index (χ4v) is 8.39. The molecule has 55 heavy (non-hydrogen) atoms. The Kier molecular flexibility index (Phi) is 7.17. The number of aromatic nitrogens is 1. The first-order valence-electron chi connectivity index (χ1n) is 18.8. The van der Waals surface area contributed by atoms with E-state index in [4.69, 9.17) is 4.42 Å². The summed E-state index contributed by atoms with van der Waals surface area (Å²) in [7, 11) is 0. The molecule has 0 radical (unpaired) electrons. The van der Waals surface area contributed by atoms with Gasteiger partial charge in [-0.15, -0.1) is 0 Å². The van der Waals surface area contributed by atoms with Crippen LogP contribution in [0.2, 0.25) is 0 Å². The van der Waals surface area contributed by atoms with Crippen molar-refractivity contribution in [1.29, 1.82) is 0 Å². The van der Waals surface area contributed by atoms with Gasteiger partial charge in [-0.05, 0) is 106 Å². The zero-order chi connectivity index (χ0) is 36.3. The minimum absolute atomic E-state index is 0.867. The van der Waals surface area contributed by atoms with Crippen molar-refractivity contribution in [1.82, 2.24) is 4.57 Å². The summed E-state index contributed by atoms with van der Waals surface area (Å²) < 4.78 is 8.82. The molecule has 0 fully saturated rings. The molecule has 0 unspecified atom stereocenters. The monoisotopic (exact) mass is 702 g/mol. The quantitative estimate of drug-likeness (QED) is 0.172. The van der Waals surface area contributed by atoms with Crippen LogP contribution in [0.1, 0.15) is 0 Å². The molecule has 11 aromatic rings. The average Bonchev–Trinajstić information content (AvgIpc) is 3.79. The highest BCUT2D eigenvalue weighted by atomic mass is 16.3. The van der Waals surface area contributed by atoms with Gasteiger partial charge in [-0.3, -0.25) is 0 Å². The van der Waals surface area contributed by atoms with Crippen LogP contribution in [0.5, 0.6) is 0 Å². The molecule has 0 spiro atoms. The minimum atomic E-state index is 0.867. The van der Waals surface area contributed by atoms with E-state index in [1.165, 1.54) is 38.1 Å². The maximum absolute atomic E-state index is 6.41. The number of hydrogen-bond acceptors (Lipinski definition) is 2. The summed E-state index contributed by atoms with van der Waals surface area (Å²) >= 11 is 0. The lowest BCUT2D eigenvalue weighted by Crippen LogP contribution is -2.10. The van der Waals surface area contributed by atoms with E-state index in [2.05, 4.69) is 204 Å². The SMILES string of the molecule is c1ccc(-c2cccc(N(c3cccc(-c4ccc5c6cc7ccccc7cc6n(-c6ccccc6)c5c4)c3)c3cccc4oc5ccccc5c34)c2)cc1. The highest BCUT2D eigenvalue weighted by molar-refractivity contribution is 6.15. The molecule has 0 atom stereocenters. The Hall–Kier alpha value is -7.36. The second-order valence-electron chi connectivity index (χ2n) is 14.2. The van der Waals surface area contributed by atoms with Crippen molar-refractivity contribution >= 4 is 71.6 Å². The van der Waals surface area contributed by atoms with E-state index < -0.39 is 0 Å². The molecule has 0 aliphatic carbocycles. The number of rotatable bonds is 6. The molecule has 2 aromatic heterocycles. The van der Waals surface area contributed by atoms with Gasteiger partial charge in [0, 0.05) is 33.2 Å². The summed E-state index contributed by atoms with van der Waals surface area (Å²) in [5.41, 5.74) is 13.1. The molecule has 0 bridgehead atoms. The van der Waals surface area contributed by atoms with E-state index in [9.17, 15) is 0 Å². The summed E-state index contributed by atoms with van der Waals surface area (Å²) in [6, 6.07) is 74.0. The summed E-state index contributed by atoms with van der Waals surface area (Å²) in [4.78, 5) is 2.38. The third kappa shape index (κ3) is 5.20. The van der Waals surface area contributed by atoms with Crippen LogP contribution in [0.25, 0.3) is 82.5 Å². The smallest absolute Gasteiger partial charge is 0.137 e. The standard InChI is InChI=1S/C52H34N2O/c1-3-14-35(15-4-1)36-18-11-22-42(30-36)53(47-25-13-27-51-52(47)45-24-9-10-26-50(45)55-51)43-23-12-19-37(31-43)40-28-29-44-46-32-38-16-7-8-17-39(38)33-49(46)54(48(44)34-40)41-20-5-2-6-21-41/h1-34H. The molecule has 0 aliphatic heterocycles. The lowest BCUT2D eigenvalue weighted by atomic mass is 10.0. The Morgan fingerprint density at radius 1 is 0.364 bits per heavy atom. The van der Waals surface area contributed by atoms with Gasteiger partial charge in [-0.25, -0.2) is 0 Å². The van der Waals surface area contributed by atoms with Gasteiger partial charge in [-0.1, -0.05) is 133 Å². The van der Waals surface area contributed by atoms with Crippen LogP contribution in [0.4, 0.5) is 17.1 Å². The molecule has 2 heterocycles. The second kappa shape index (κ2) is 12.6. The average molecular weight is 703 g/mol. The van der Waals surface area contributed by atoms with E-state index in [0.29, 0.717) is 0 Å². The third-order valence-electron chi connectivity index (χ3n) is 10.9. The van der Waals surface area contributed by atoms with Gasteiger partial charge >= 0.3 is 0 Å². The van der Waals surface area contributed by atoms with E-state index >= 15 is 0 Å². The van der Waals surface area contributed by atoms with Gasteiger partial charge in [0.25, 0.3) is 0 Å². The number of fused-ring (bicyclic) bond motifs is 7. The van der Waals surface area contributed by atoms with Crippen LogP contribution in [-0.2, 0) is 0 Å². The van der Waals surface area contributed by atoms with E-state index in [-0.39, 0.29) is 0 Å². The van der Waals surface area contributed by atoms with Crippen molar-refractivity contribution in [2.75, 3.05) is 4.90 Å². The van der Waals surface area contributed by atoms with Crippen LogP contribution in [0.3, 0.4) is 0 Å². The Labute approximate surface area is 318 Å². The van der Waals surface area contributed by atoms with E-state index in [1.807, 2.05) is 12.1 Å². The van der Waals surface area contributed by atoms with Crippen LogP contribution >= 0.6 is 0 Å². The number of benzene rings is 9. The van der Waals surface area contributed by atoms with Gasteiger partial charge in [0.2, 0.25) is 0 Å². The minimum Gasteiger partial charge on any atom is -0.456 e. The molecule has 0 amide bonds. The van der Waals surface area contributed by atoms with E-state index in [0.717, 1.165) is 61.4 Å². The zero-order valence-electron chi connectivity index (χ0n) is 29.9. The van der Waals surface area contributed by atoms with E-state index in [1.54, 1.807) is 0 Å². The van der Waals surface area contributed by atoms with Crippen molar-refractivity contribution in [2.45, 2.75) is 0 Å². The largest absolute Gasteiger partial charge is 0.456 e. The predicted molar refractivity (Wildman–Crippen MR) is 231 cm³/mol. The molecule has 0 aliphatic rings. The maximum Gasteiger partial charge on any atom is 0.137 e. The van der Waals surface area contributed by atoms with Crippen molar-refractivity contribution in [3.05, 3.63) is 206 Å². The Morgan fingerprint density at radius 3 is 1.73 bits per heavy atom. The topological polar surface area (TPSA) is 21.3 Å². The van der Waals surface area contributed by atoms with Gasteiger partial charge in [0.1, 0.15) is 11.2 Å². The lowest BCUT2D eigenvalue weighted by Gasteiger charge is -2.27. The molecule has 0 saturated carbocycles. The summed E-state index contributed by atoms with van der Waals surface area (Å²) in [6.45, 7) is 0. The van der Waals surface area contributed by atoms with Crippen LogP contribution in [0.15, 0.2) is 211 Å². The first kappa shape index (κ1) is 31.2. The molecule has 0 N–H and O–H groups in total. The van der Waals surface area contributed by atoms with Gasteiger partial charge in [0.15, 0.2) is 0 Å². The molecule has 0 saturated heterocycles. The zero-order valence-corrected chi connectivity index (χ0v) is 29.9. The number of nitrogens with zero attached hydrogens (tertiary/aromatic N) is 2. The van der Waals surface area contributed by atoms with Crippen molar-refractivity contribution in [3.63, 3.8) is 0 Å². The molecule has 3 nitrogen and oxygen atoms in total. The number of hydrogen-bond donors (Lipinski definition) is 0. The summed E-state index contributed by atoms with van der Waals surface area (Å²) in [5.74, 6) is 0. The number of furan rings is 1. The Bertz CT molecular complexity index is 3210. The Morgan fingerprint density at radius 2 is 0.945 bits per heavy atom. The second-order valence-corrected chi connectivity index (χ2v) is 14.2. The van der Waals surface area contributed by atoms with Crippen LogP contribution < -0.4 is 4.90 Å². The molecule has 11 rings (SSSR count). The molecular formula is C52H34N2O. The maximum atomic E-state index is 6.41. The summed E-state index contributed by atoms with van der Waals surface area (Å²) in [6.07, 6.45) is 0. The third-order valence-corrected chi connectivity index (χ3v) is 10.9. The Balaban J connectivity index is 1.12. The highest BCUT2D eigenvalue weighted by Gasteiger charge is 2.21. The molecular weight excluding hydrogens is 669 g/mol. The normalized spacial score (nSPS) is 11.6. The van der Waals surface area contributed by atoms with Crippen molar-refractivity contribution in [3.8, 4) is 27.9 Å². The first-order chi connectivity index (χ1) is 27.3. The highest BCUT2D eigenvalue weighted by Crippen LogP contribution is 2.45. The molecule has 258 valence electrons. The number of anilines is 3. The van der Waals surface area contributed by atoms with Gasteiger partial charge in [0.05, 0.1) is 22.1 Å². The molecule has 9 aromatic carbocycles. The fraction of sp³-hybridized carbons (Fsp3) is 0. The summed E-state index contributed by atoms with van der Waals surface area (Å²) in [5, 5.41) is 7.16. The lowest BCUT2D eigenvalue weighted by molar-refractivity contribution is 0.669. The fourth-order valence-electron chi connectivity index (χ4n) is 8.39. The molecule has 3 heteroatoms. The van der Waals surface area contributed by atoms with Crippen LogP contribution in [-0.4, -0.2) is 4.57 Å². The number of para-hydroxylation sites is 2. The van der Waals surface area contributed by atoms with Gasteiger partial charge < -0.3 is 13.9 Å². The van der Waals surface area contributed by atoms with Crippen LogP contribution in [0, 0.1) is 0 Å². The van der Waals surface area contributed by atoms with Crippen molar-refractivity contribution < 1.29 is 4.42 Å². The van der Waals surface area contributed by atoms with Gasteiger partial charge in [-0.2, -0.15) is 0 Å². The van der Waals surface area contributed by atoms with Crippen molar-refractivity contribution in [2.24, 2.45) is 0 Å². The first-order valence-corrected chi connectivity index (χ1v) is 18.8.